The second kappa shape index (κ2) is 11.1. The molecule has 1 unspecified atom stereocenters. The van der Waals surface area contributed by atoms with E-state index in [4.69, 9.17) is 4.74 Å². The molecule has 1 aliphatic heterocycles. The number of alkyl halides is 3. The van der Waals surface area contributed by atoms with Crippen LogP contribution in [-0.2, 0) is 17.8 Å². The summed E-state index contributed by atoms with van der Waals surface area (Å²) in [6.07, 6.45) is -1.44. The van der Waals surface area contributed by atoms with E-state index in [0.29, 0.717) is 49.2 Å². The molecule has 0 radical (unpaired) electrons. The lowest BCUT2D eigenvalue weighted by atomic mass is 9.95. The van der Waals surface area contributed by atoms with E-state index in [0.717, 1.165) is 15.2 Å². The highest BCUT2D eigenvalue weighted by molar-refractivity contribution is 5.80. The third-order valence-electron chi connectivity index (χ3n) is 5.19. The van der Waals surface area contributed by atoms with Crippen molar-refractivity contribution in [2.45, 2.75) is 46.3 Å². The number of rotatable bonds is 7. The average Bonchev–Trinajstić information content (AvgIpc) is 2.84. The zero-order chi connectivity index (χ0) is 22.4. The van der Waals surface area contributed by atoms with Crippen LogP contribution in [0.4, 0.5) is 13.2 Å². The average molecular weight is 454 g/mol. The topological polar surface area (TPSA) is 67.1 Å². The molecule has 32 heavy (non-hydrogen) atoms. The summed E-state index contributed by atoms with van der Waals surface area (Å²) in [6.45, 7) is 1.29. The minimum absolute atomic E-state index is 0. The van der Waals surface area contributed by atoms with Crippen molar-refractivity contribution in [3.05, 3.63) is 59.2 Å². The van der Waals surface area contributed by atoms with E-state index < -0.39 is 24.5 Å². The smallest absolute Gasteiger partial charge is 0.406 e. The van der Waals surface area contributed by atoms with Crippen LogP contribution in [0.25, 0.3) is 0 Å². The van der Waals surface area contributed by atoms with Crippen LogP contribution < -0.4 is 10.2 Å². The van der Waals surface area contributed by atoms with Crippen LogP contribution in [0.1, 0.15) is 38.3 Å². The summed E-state index contributed by atoms with van der Waals surface area (Å²) in [7, 11) is 0. The maximum absolute atomic E-state index is 13.0. The van der Waals surface area contributed by atoms with Gasteiger partial charge in [-0.2, -0.15) is 17.9 Å². The first-order chi connectivity index (χ1) is 14.8. The molecule has 1 aromatic heterocycles. The summed E-state index contributed by atoms with van der Waals surface area (Å²) in [5, 5.41) is 9.62. The normalized spacial score (nSPS) is 16.9. The van der Waals surface area contributed by atoms with Gasteiger partial charge < -0.3 is 14.8 Å². The molecular formula is C23H30F3N3O3. The maximum Gasteiger partial charge on any atom is 0.406 e. The minimum Gasteiger partial charge on any atom is -0.494 e. The van der Waals surface area contributed by atoms with E-state index >= 15 is 0 Å². The van der Waals surface area contributed by atoms with Gasteiger partial charge in [-0.1, -0.05) is 26.5 Å². The van der Waals surface area contributed by atoms with E-state index in [1.54, 1.807) is 30.3 Å². The van der Waals surface area contributed by atoms with Gasteiger partial charge in [0.05, 0.1) is 6.61 Å². The molecule has 2 aromatic rings. The van der Waals surface area contributed by atoms with Crippen molar-refractivity contribution in [3.8, 4) is 5.75 Å². The molecular weight excluding hydrogens is 423 g/mol. The van der Waals surface area contributed by atoms with Crippen LogP contribution >= 0.6 is 0 Å². The first-order valence-electron chi connectivity index (χ1n) is 10.2. The SMILES string of the molecule is C.CCC1Cc2ccc(OCCCN=c3ccccn3O)cc2CN(CC(F)(F)F)C1=O. The molecule has 2 heterocycles. The Morgan fingerprint density at radius 3 is 2.69 bits per heavy atom. The molecule has 176 valence electrons. The second-order valence-corrected chi connectivity index (χ2v) is 7.54. The Hall–Kier alpha value is -2.97. The van der Waals surface area contributed by atoms with Gasteiger partial charge in [0.1, 0.15) is 12.3 Å². The van der Waals surface area contributed by atoms with E-state index in [2.05, 4.69) is 4.99 Å². The van der Waals surface area contributed by atoms with Gasteiger partial charge in [-0.25, -0.2) is 0 Å². The fourth-order valence-electron chi connectivity index (χ4n) is 3.60. The molecule has 0 bridgehead atoms. The fourth-order valence-corrected chi connectivity index (χ4v) is 3.60. The highest BCUT2D eigenvalue weighted by Crippen LogP contribution is 2.30. The molecule has 1 N–H and O–H groups in total. The quantitative estimate of drug-likeness (QED) is 0.505. The zero-order valence-corrected chi connectivity index (χ0v) is 17.3. The number of hydrogen-bond donors (Lipinski definition) is 1. The number of ether oxygens (including phenoxy) is 1. The second-order valence-electron chi connectivity index (χ2n) is 7.54. The summed E-state index contributed by atoms with van der Waals surface area (Å²) in [6, 6.07) is 10.5. The van der Waals surface area contributed by atoms with Crippen LogP contribution in [0, 0.1) is 5.92 Å². The summed E-state index contributed by atoms with van der Waals surface area (Å²) in [4.78, 5) is 17.7. The molecule has 9 heteroatoms. The van der Waals surface area contributed by atoms with Crippen LogP contribution in [-0.4, -0.2) is 46.6 Å². The van der Waals surface area contributed by atoms with Gasteiger partial charge in [0.2, 0.25) is 5.91 Å². The summed E-state index contributed by atoms with van der Waals surface area (Å²) in [5.41, 5.74) is 2.00. The Morgan fingerprint density at radius 1 is 1.22 bits per heavy atom. The molecule has 0 fully saturated rings. The summed E-state index contributed by atoms with van der Waals surface area (Å²) >= 11 is 0. The molecule has 0 saturated carbocycles. The number of benzene rings is 1. The van der Waals surface area contributed by atoms with E-state index in [1.165, 1.54) is 6.20 Å². The predicted octanol–water partition coefficient (Wildman–Crippen LogP) is 4.20. The van der Waals surface area contributed by atoms with Crippen molar-refractivity contribution in [1.82, 2.24) is 9.63 Å². The molecule has 1 aliphatic rings. The fraction of sp³-hybridized carbons (Fsp3) is 0.478. The largest absolute Gasteiger partial charge is 0.494 e. The van der Waals surface area contributed by atoms with Gasteiger partial charge in [-0.15, -0.1) is 0 Å². The number of amides is 1. The van der Waals surface area contributed by atoms with Crippen LogP contribution in [0.2, 0.25) is 0 Å². The minimum atomic E-state index is -4.44. The molecule has 3 rings (SSSR count). The summed E-state index contributed by atoms with van der Waals surface area (Å²) < 4.78 is 45.6. The van der Waals surface area contributed by atoms with Crippen molar-refractivity contribution in [1.29, 1.82) is 0 Å². The molecule has 0 aliphatic carbocycles. The summed E-state index contributed by atoms with van der Waals surface area (Å²) in [5.74, 6) is -0.364. The van der Waals surface area contributed by atoms with Gasteiger partial charge in [0, 0.05) is 31.6 Å². The van der Waals surface area contributed by atoms with Crippen LogP contribution in [0.3, 0.4) is 0 Å². The highest BCUT2D eigenvalue weighted by atomic mass is 19.4. The van der Waals surface area contributed by atoms with E-state index in [-0.39, 0.29) is 14.0 Å². The van der Waals surface area contributed by atoms with Gasteiger partial charge in [-0.05, 0) is 48.2 Å². The number of aromatic nitrogens is 1. The van der Waals surface area contributed by atoms with Crippen molar-refractivity contribution in [2.24, 2.45) is 10.9 Å². The zero-order valence-electron chi connectivity index (χ0n) is 17.3. The third-order valence-corrected chi connectivity index (χ3v) is 5.19. The van der Waals surface area contributed by atoms with Crippen LogP contribution in [0.5, 0.6) is 5.75 Å². The third kappa shape index (κ3) is 6.77. The standard InChI is InChI=1S/C22H26F3N3O3.CH4/c1-2-16-12-17-7-8-19(13-18(17)14-27(21(16)29)15-22(23,24)25)31-11-5-9-26-20-6-3-4-10-28(20)30;/h3-4,6-8,10,13,16,30H,2,5,9,11-12,14-15H2,1H3;1H4. The van der Waals surface area contributed by atoms with Crippen LogP contribution in [0.15, 0.2) is 47.6 Å². The lowest BCUT2D eigenvalue weighted by Gasteiger charge is -2.25. The Morgan fingerprint density at radius 2 is 2.00 bits per heavy atom. The molecule has 1 aromatic carbocycles. The number of nitrogens with zero attached hydrogens (tertiary/aromatic N) is 3. The lowest BCUT2D eigenvalue weighted by Crippen LogP contribution is -2.40. The van der Waals surface area contributed by atoms with Crippen molar-refractivity contribution in [2.75, 3.05) is 19.7 Å². The number of fused-ring (bicyclic) bond motifs is 1. The first-order valence-corrected chi connectivity index (χ1v) is 10.2. The van der Waals surface area contributed by atoms with Gasteiger partial charge >= 0.3 is 6.18 Å². The van der Waals surface area contributed by atoms with Crippen molar-refractivity contribution >= 4 is 5.91 Å². The molecule has 6 nitrogen and oxygen atoms in total. The number of hydrogen-bond acceptors (Lipinski definition) is 4. The van der Waals surface area contributed by atoms with Crippen molar-refractivity contribution < 1.29 is 27.9 Å². The number of carbonyl (C=O) groups excluding carboxylic acids is 1. The Balaban J connectivity index is 0.00000363. The van der Waals surface area contributed by atoms with Gasteiger partial charge in [-0.3, -0.25) is 9.79 Å². The van der Waals surface area contributed by atoms with Gasteiger partial charge in [0.25, 0.3) is 0 Å². The Bertz CT molecular complexity index is 973. The highest BCUT2D eigenvalue weighted by Gasteiger charge is 2.37. The maximum atomic E-state index is 13.0. The van der Waals surface area contributed by atoms with Crippen molar-refractivity contribution in [3.63, 3.8) is 0 Å². The first kappa shape index (κ1) is 25.3. The van der Waals surface area contributed by atoms with E-state index in [1.807, 2.05) is 13.0 Å². The monoisotopic (exact) mass is 453 g/mol. The molecule has 0 spiro atoms. The predicted molar refractivity (Wildman–Crippen MR) is 114 cm³/mol. The lowest BCUT2D eigenvalue weighted by molar-refractivity contribution is -0.164. The molecule has 1 atom stereocenters. The molecule has 1 amide bonds. The van der Waals surface area contributed by atoms with E-state index in [9.17, 15) is 23.2 Å². The molecule has 0 saturated heterocycles. The number of carbonyl (C=O) groups is 1. The number of pyridine rings is 1. The number of halogens is 3. The Kier molecular flexibility index (Phi) is 8.74. The Labute approximate surface area is 185 Å². The van der Waals surface area contributed by atoms with Gasteiger partial charge in [0.15, 0.2) is 5.49 Å².